The van der Waals surface area contributed by atoms with E-state index in [2.05, 4.69) is 119 Å². The van der Waals surface area contributed by atoms with Gasteiger partial charge in [0.1, 0.15) is 0 Å². The molecule has 5 rings (SSSR count). The molecule has 0 N–H and O–H groups in total. The smallest absolute Gasteiger partial charge is 0.252 e. The Morgan fingerprint density at radius 1 is 0.814 bits per heavy atom. The van der Waals surface area contributed by atoms with Crippen molar-refractivity contribution in [3.8, 4) is 21.6 Å². The van der Waals surface area contributed by atoms with Crippen LogP contribution in [0.1, 0.15) is 45.7 Å². The van der Waals surface area contributed by atoms with Crippen molar-refractivity contribution in [3.63, 3.8) is 0 Å². The molecule has 2 aromatic heterocycles. The fraction of sp³-hybridized carbons (Fsp3) is 0.324. The Balaban J connectivity index is 1.50. The van der Waals surface area contributed by atoms with E-state index in [9.17, 15) is 4.79 Å². The predicted octanol–water partition coefficient (Wildman–Crippen LogP) is 9.81. The van der Waals surface area contributed by atoms with E-state index < -0.39 is 8.32 Å². The van der Waals surface area contributed by atoms with Crippen LogP contribution in [0.4, 0.5) is 5.69 Å². The molecule has 43 heavy (non-hydrogen) atoms. The lowest BCUT2D eigenvalue weighted by atomic mass is 10.1. The van der Waals surface area contributed by atoms with E-state index in [1.165, 1.54) is 11.3 Å². The van der Waals surface area contributed by atoms with Crippen molar-refractivity contribution in [2.24, 2.45) is 0 Å². The van der Waals surface area contributed by atoms with E-state index in [0.29, 0.717) is 13.2 Å². The van der Waals surface area contributed by atoms with Crippen molar-refractivity contribution in [3.05, 3.63) is 112 Å². The Morgan fingerprint density at radius 3 is 2.05 bits per heavy atom. The standard InChI is InChI=1S/C37H44N2O2SSi/c1-8-38(9-2)31-21-19-30(20-22-31)34-24-33-36(42-34)32(29-13-11-10-12-14-29)23-35(40)39(33)25-27-15-17-28(18-16-27)26-41-43(6,7)37(3,4)5/h10-24H,8-9,25-26H2,1-7H3. The third-order valence-corrected chi connectivity index (χ3v) is 14.6. The second-order valence-electron chi connectivity index (χ2n) is 12.8. The first kappa shape index (κ1) is 31.0. The van der Waals surface area contributed by atoms with Gasteiger partial charge >= 0.3 is 0 Å². The van der Waals surface area contributed by atoms with Crippen LogP contribution in [0.5, 0.6) is 0 Å². The molecule has 0 aliphatic carbocycles. The quantitative estimate of drug-likeness (QED) is 0.148. The topological polar surface area (TPSA) is 34.5 Å². The summed E-state index contributed by atoms with van der Waals surface area (Å²) in [5.74, 6) is 0. The predicted molar refractivity (Wildman–Crippen MR) is 188 cm³/mol. The Morgan fingerprint density at radius 2 is 1.44 bits per heavy atom. The molecule has 5 aromatic rings. The van der Waals surface area contributed by atoms with Gasteiger partial charge < -0.3 is 13.9 Å². The minimum atomic E-state index is -1.82. The van der Waals surface area contributed by atoms with Crippen LogP contribution in [-0.2, 0) is 17.6 Å². The number of hydrogen-bond donors (Lipinski definition) is 0. The fourth-order valence-corrected chi connectivity index (χ4v) is 7.29. The fourth-order valence-electron chi connectivity index (χ4n) is 5.13. The van der Waals surface area contributed by atoms with Gasteiger partial charge in [-0.1, -0.05) is 87.5 Å². The zero-order valence-electron chi connectivity index (χ0n) is 26.6. The maximum atomic E-state index is 13.7. The molecule has 0 aliphatic heterocycles. The zero-order valence-corrected chi connectivity index (χ0v) is 28.4. The van der Waals surface area contributed by atoms with Crippen LogP contribution in [-0.4, -0.2) is 26.0 Å². The summed E-state index contributed by atoms with van der Waals surface area (Å²) >= 11 is 1.76. The normalized spacial score (nSPS) is 12.2. The highest BCUT2D eigenvalue weighted by Gasteiger charge is 2.37. The van der Waals surface area contributed by atoms with E-state index in [1.807, 2.05) is 28.8 Å². The highest BCUT2D eigenvalue weighted by molar-refractivity contribution is 7.22. The Kier molecular flexibility index (Phi) is 9.11. The van der Waals surface area contributed by atoms with Gasteiger partial charge in [-0.2, -0.15) is 0 Å². The number of anilines is 1. The number of hydrogen-bond acceptors (Lipinski definition) is 4. The van der Waals surface area contributed by atoms with Crippen LogP contribution in [0.25, 0.3) is 31.8 Å². The van der Waals surface area contributed by atoms with Gasteiger partial charge in [-0.3, -0.25) is 4.79 Å². The largest absolute Gasteiger partial charge is 0.413 e. The molecule has 0 unspecified atom stereocenters. The van der Waals surface area contributed by atoms with Gasteiger partial charge in [-0.15, -0.1) is 11.3 Å². The first-order valence-corrected chi connectivity index (χ1v) is 19.0. The van der Waals surface area contributed by atoms with Gasteiger partial charge in [0, 0.05) is 35.3 Å². The van der Waals surface area contributed by atoms with Crippen LogP contribution >= 0.6 is 11.3 Å². The number of benzene rings is 3. The molecule has 6 heteroatoms. The third kappa shape index (κ3) is 6.72. The summed E-state index contributed by atoms with van der Waals surface area (Å²) in [4.78, 5) is 17.2. The second kappa shape index (κ2) is 12.6. The highest BCUT2D eigenvalue weighted by atomic mass is 32.1. The molecule has 224 valence electrons. The molecule has 0 spiro atoms. The van der Waals surface area contributed by atoms with E-state index in [-0.39, 0.29) is 10.6 Å². The lowest BCUT2D eigenvalue weighted by molar-refractivity contribution is 0.276. The van der Waals surface area contributed by atoms with Gasteiger partial charge in [-0.05, 0) is 72.4 Å². The summed E-state index contributed by atoms with van der Waals surface area (Å²) in [6, 6.07) is 31.6. The van der Waals surface area contributed by atoms with Gasteiger partial charge in [0.05, 0.1) is 23.4 Å². The summed E-state index contributed by atoms with van der Waals surface area (Å²) in [5, 5.41) is 0.179. The van der Waals surface area contributed by atoms with Crippen LogP contribution in [0.15, 0.2) is 95.8 Å². The first-order chi connectivity index (χ1) is 20.5. The highest BCUT2D eigenvalue weighted by Crippen LogP contribution is 2.39. The SMILES string of the molecule is CCN(CC)c1ccc(-c2cc3c(s2)c(-c2ccccc2)cc(=O)n3Cc2ccc(CO[Si](C)(C)C(C)(C)C)cc2)cc1. The lowest BCUT2D eigenvalue weighted by Crippen LogP contribution is -2.40. The van der Waals surface area contributed by atoms with Gasteiger partial charge in [0.25, 0.3) is 5.56 Å². The molecule has 0 amide bonds. The summed E-state index contributed by atoms with van der Waals surface area (Å²) < 4.78 is 9.49. The zero-order chi connectivity index (χ0) is 30.8. The summed E-state index contributed by atoms with van der Waals surface area (Å²) in [6.07, 6.45) is 0. The van der Waals surface area contributed by atoms with Crippen molar-refractivity contribution in [1.29, 1.82) is 0 Å². The maximum absolute atomic E-state index is 13.7. The van der Waals surface area contributed by atoms with E-state index in [0.717, 1.165) is 50.4 Å². The summed E-state index contributed by atoms with van der Waals surface area (Å²) in [7, 11) is -1.82. The average Bonchev–Trinajstić information content (AvgIpc) is 3.44. The molecular weight excluding hydrogens is 565 g/mol. The molecule has 0 atom stereocenters. The molecular formula is C37H44N2O2SSi. The van der Waals surface area contributed by atoms with Crippen LogP contribution in [0.2, 0.25) is 18.1 Å². The first-order valence-electron chi connectivity index (χ1n) is 15.3. The third-order valence-electron chi connectivity index (χ3n) is 8.92. The van der Waals surface area contributed by atoms with Crippen molar-refractivity contribution in [1.82, 2.24) is 4.57 Å². The Labute approximate surface area is 261 Å². The van der Waals surface area contributed by atoms with Crippen molar-refractivity contribution in [2.45, 2.75) is 65.9 Å². The maximum Gasteiger partial charge on any atom is 0.252 e. The molecule has 0 saturated carbocycles. The number of thiophene rings is 1. The minimum Gasteiger partial charge on any atom is -0.413 e. The van der Waals surface area contributed by atoms with E-state index in [4.69, 9.17) is 4.43 Å². The number of fused-ring (bicyclic) bond motifs is 1. The molecule has 0 saturated heterocycles. The Hall–Kier alpha value is -3.45. The number of rotatable bonds is 10. The second-order valence-corrected chi connectivity index (χ2v) is 18.6. The molecule has 0 radical (unpaired) electrons. The van der Waals surface area contributed by atoms with E-state index >= 15 is 0 Å². The minimum absolute atomic E-state index is 0.0120. The van der Waals surface area contributed by atoms with Crippen molar-refractivity contribution in [2.75, 3.05) is 18.0 Å². The van der Waals surface area contributed by atoms with Crippen molar-refractivity contribution >= 4 is 35.6 Å². The van der Waals surface area contributed by atoms with Crippen LogP contribution < -0.4 is 10.5 Å². The molecule has 3 aromatic carbocycles. The molecule has 0 bridgehead atoms. The van der Waals surface area contributed by atoms with Crippen LogP contribution in [0.3, 0.4) is 0 Å². The van der Waals surface area contributed by atoms with Crippen LogP contribution in [0, 0.1) is 0 Å². The monoisotopic (exact) mass is 608 g/mol. The van der Waals surface area contributed by atoms with Gasteiger partial charge in [0.2, 0.25) is 0 Å². The van der Waals surface area contributed by atoms with E-state index in [1.54, 1.807) is 11.3 Å². The molecule has 2 heterocycles. The number of aromatic nitrogens is 1. The van der Waals surface area contributed by atoms with Crippen molar-refractivity contribution < 1.29 is 4.43 Å². The van der Waals surface area contributed by atoms with Gasteiger partial charge in [0.15, 0.2) is 8.32 Å². The van der Waals surface area contributed by atoms with Gasteiger partial charge in [-0.25, -0.2) is 0 Å². The summed E-state index contributed by atoms with van der Waals surface area (Å²) in [6.45, 7) is 18.8. The lowest BCUT2D eigenvalue weighted by Gasteiger charge is -2.36. The number of nitrogens with zero attached hydrogens (tertiary/aromatic N) is 2. The average molecular weight is 609 g/mol. The molecule has 4 nitrogen and oxygen atoms in total. The Bertz CT molecular complexity index is 1730. The molecule has 0 fully saturated rings. The number of pyridine rings is 1. The summed E-state index contributed by atoms with van der Waals surface area (Å²) in [5.41, 5.74) is 7.71. The molecule has 0 aliphatic rings.